The normalized spacial score (nSPS) is 15.0. The second kappa shape index (κ2) is 10.4. The molecule has 1 fully saturated rings. The average Bonchev–Trinajstić information content (AvgIpc) is 3.03. The van der Waals surface area contributed by atoms with E-state index in [0.717, 1.165) is 41.9 Å². The maximum absolute atomic E-state index is 12.9. The van der Waals surface area contributed by atoms with E-state index in [0.29, 0.717) is 17.3 Å². The lowest BCUT2D eigenvalue weighted by Crippen LogP contribution is -2.27. The number of amides is 2. The summed E-state index contributed by atoms with van der Waals surface area (Å²) in [6.45, 7) is 0.626. The quantitative estimate of drug-likeness (QED) is 0.259. The highest BCUT2D eigenvalue weighted by Crippen LogP contribution is 2.36. The molecule has 1 saturated heterocycles. The zero-order chi connectivity index (χ0) is 22.7. The van der Waals surface area contributed by atoms with E-state index in [1.165, 1.54) is 4.90 Å². The van der Waals surface area contributed by atoms with Gasteiger partial charge in [0.25, 0.3) is 11.1 Å². The molecule has 0 bridgehead atoms. The number of halogens is 3. The number of hydrogen-bond acceptors (Lipinski definition) is 4. The molecule has 0 saturated carbocycles. The minimum absolute atomic E-state index is 0.237. The van der Waals surface area contributed by atoms with E-state index in [2.05, 4.69) is 47.8 Å². The van der Waals surface area contributed by atoms with Gasteiger partial charge in [0, 0.05) is 19.0 Å². The van der Waals surface area contributed by atoms with Crippen molar-refractivity contribution in [3.05, 3.63) is 102 Å². The van der Waals surface area contributed by atoms with E-state index in [-0.39, 0.29) is 17.7 Å². The summed E-state index contributed by atoms with van der Waals surface area (Å²) in [5.74, 6) is 0.331. The van der Waals surface area contributed by atoms with Crippen molar-refractivity contribution >= 4 is 76.8 Å². The first-order valence-corrected chi connectivity index (χ1v) is 12.8. The highest BCUT2D eigenvalue weighted by molar-refractivity contribution is 9.11. The minimum atomic E-state index is -0.304. The SMILES string of the molecule is O=C1S/C(=C\c2cc(Br)ccc2OCc2ccc(Br)cc2)C(=O)N1Cc1ccc(Br)cc1. The zero-order valence-electron chi connectivity index (χ0n) is 16.6. The fourth-order valence-corrected chi connectivity index (χ4v) is 4.79. The number of rotatable bonds is 6. The molecule has 32 heavy (non-hydrogen) atoms. The predicted molar refractivity (Wildman–Crippen MR) is 138 cm³/mol. The van der Waals surface area contributed by atoms with Crippen LogP contribution in [0.25, 0.3) is 6.08 Å². The Hall–Kier alpha value is -1.87. The van der Waals surface area contributed by atoms with Gasteiger partial charge in [-0.15, -0.1) is 0 Å². The molecule has 1 aliphatic rings. The molecule has 1 aliphatic heterocycles. The Morgan fingerprint density at radius 1 is 0.812 bits per heavy atom. The lowest BCUT2D eigenvalue weighted by atomic mass is 10.1. The smallest absolute Gasteiger partial charge is 0.293 e. The van der Waals surface area contributed by atoms with Crippen molar-refractivity contribution in [1.82, 2.24) is 4.90 Å². The van der Waals surface area contributed by atoms with Crippen LogP contribution in [0.1, 0.15) is 16.7 Å². The molecule has 0 spiro atoms. The number of ether oxygens (including phenoxy) is 1. The molecule has 0 radical (unpaired) electrons. The number of hydrogen-bond donors (Lipinski definition) is 0. The van der Waals surface area contributed by atoms with E-state index in [1.54, 1.807) is 6.08 Å². The van der Waals surface area contributed by atoms with Crippen LogP contribution >= 0.6 is 59.6 Å². The first-order valence-electron chi connectivity index (χ1n) is 9.55. The third-order valence-corrected chi connectivity index (χ3v) is 7.15. The molecule has 3 aromatic rings. The summed E-state index contributed by atoms with van der Waals surface area (Å²) in [5.41, 5.74) is 2.64. The molecule has 4 rings (SSSR count). The number of thioether (sulfide) groups is 1. The van der Waals surface area contributed by atoms with Crippen LogP contribution in [0.2, 0.25) is 0 Å². The summed E-state index contributed by atoms with van der Waals surface area (Å²) in [7, 11) is 0. The maximum atomic E-state index is 12.9. The van der Waals surface area contributed by atoms with Crippen LogP contribution < -0.4 is 4.74 Å². The molecular formula is C24H16Br3NO3S. The van der Waals surface area contributed by atoms with Crippen LogP contribution in [-0.2, 0) is 17.9 Å². The van der Waals surface area contributed by atoms with Gasteiger partial charge in [-0.1, -0.05) is 72.1 Å². The largest absolute Gasteiger partial charge is 0.488 e. The third kappa shape index (κ3) is 5.73. The van der Waals surface area contributed by atoms with Gasteiger partial charge in [0.05, 0.1) is 11.4 Å². The van der Waals surface area contributed by atoms with Crippen molar-refractivity contribution in [3.8, 4) is 5.75 Å². The first-order chi connectivity index (χ1) is 15.4. The van der Waals surface area contributed by atoms with Gasteiger partial charge >= 0.3 is 0 Å². The Kier molecular flexibility index (Phi) is 7.55. The maximum Gasteiger partial charge on any atom is 0.293 e. The molecule has 0 aromatic heterocycles. The second-order valence-corrected chi connectivity index (χ2v) is 10.7. The van der Waals surface area contributed by atoms with Crippen molar-refractivity contribution in [3.63, 3.8) is 0 Å². The molecule has 4 nitrogen and oxygen atoms in total. The minimum Gasteiger partial charge on any atom is -0.488 e. The first kappa shape index (κ1) is 23.3. The standard InChI is InChI=1S/C24H16Br3NO3S/c25-18-5-1-15(2-6-18)13-28-23(29)22(32-24(28)30)12-17-11-20(27)9-10-21(17)31-14-16-3-7-19(26)8-4-16/h1-12H,13-14H2/b22-12-. The summed E-state index contributed by atoms with van der Waals surface area (Å²) in [5, 5.41) is -0.281. The monoisotopic (exact) mass is 635 g/mol. The van der Waals surface area contributed by atoms with Gasteiger partial charge < -0.3 is 4.74 Å². The van der Waals surface area contributed by atoms with Crippen LogP contribution in [0.15, 0.2) is 85.1 Å². The molecular weight excluding hydrogens is 622 g/mol. The number of imide groups is 1. The van der Waals surface area contributed by atoms with Crippen LogP contribution in [0.3, 0.4) is 0 Å². The Balaban J connectivity index is 1.54. The Morgan fingerprint density at radius 2 is 1.41 bits per heavy atom. The van der Waals surface area contributed by atoms with E-state index in [1.807, 2.05) is 66.7 Å². The second-order valence-electron chi connectivity index (χ2n) is 6.99. The zero-order valence-corrected chi connectivity index (χ0v) is 22.1. The van der Waals surface area contributed by atoms with Crippen LogP contribution in [-0.4, -0.2) is 16.0 Å². The summed E-state index contributed by atoms with van der Waals surface area (Å²) in [6, 6.07) is 21.0. The van der Waals surface area contributed by atoms with Gasteiger partial charge in [0.15, 0.2) is 0 Å². The van der Waals surface area contributed by atoms with Crippen molar-refractivity contribution in [2.24, 2.45) is 0 Å². The van der Waals surface area contributed by atoms with Crippen LogP contribution in [0.4, 0.5) is 4.79 Å². The Labute approximate surface area is 215 Å². The van der Waals surface area contributed by atoms with Crippen molar-refractivity contribution in [2.45, 2.75) is 13.2 Å². The van der Waals surface area contributed by atoms with Gasteiger partial charge in [0.2, 0.25) is 0 Å². The fourth-order valence-electron chi connectivity index (χ4n) is 3.06. The molecule has 0 atom stereocenters. The lowest BCUT2D eigenvalue weighted by Gasteiger charge is -2.13. The number of benzene rings is 3. The van der Waals surface area contributed by atoms with Crippen molar-refractivity contribution in [1.29, 1.82) is 0 Å². The summed E-state index contributed by atoms with van der Waals surface area (Å²) in [6.07, 6.45) is 1.72. The average molecular weight is 638 g/mol. The summed E-state index contributed by atoms with van der Waals surface area (Å²) < 4.78 is 8.82. The summed E-state index contributed by atoms with van der Waals surface area (Å²) in [4.78, 5) is 27.1. The molecule has 0 unspecified atom stereocenters. The Morgan fingerprint density at radius 3 is 2.06 bits per heavy atom. The van der Waals surface area contributed by atoms with Crippen molar-refractivity contribution < 1.29 is 14.3 Å². The van der Waals surface area contributed by atoms with Gasteiger partial charge in [-0.2, -0.15) is 0 Å². The van der Waals surface area contributed by atoms with Crippen LogP contribution in [0, 0.1) is 0 Å². The van der Waals surface area contributed by atoms with Gasteiger partial charge in [0.1, 0.15) is 12.4 Å². The highest BCUT2D eigenvalue weighted by atomic mass is 79.9. The molecule has 0 aliphatic carbocycles. The van der Waals surface area contributed by atoms with Gasteiger partial charge in [-0.05, 0) is 71.4 Å². The van der Waals surface area contributed by atoms with E-state index < -0.39 is 0 Å². The lowest BCUT2D eigenvalue weighted by molar-refractivity contribution is -0.123. The molecule has 162 valence electrons. The number of carbonyl (C=O) groups excluding carboxylic acids is 2. The predicted octanol–water partition coefficient (Wildman–Crippen LogP) is 7.79. The van der Waals surface area contributed by atoms with Crippen LogP contribution in [0.5, 0.6) is 5.75 Å². The fraction of sp³-hybridized carbons (Fsp3) is 0.0833. The topological polar surface area (TPSA) is 46.6 Å². The number of carbonyl (C=O) groups is 2. The molecule has 2 amide bonds. The number of nitrogens with zero attached hydrogens (tertiary/aromatic N) is 1. The van der Waals surface area contributed by atoms with E-state index >= 15 is 0 Å². The summed E-state index contributed by atoms with van der Waals surface area (Å²) >= 11 is 11.2. The third-order valence-electron chi connectivity index (χ3n) is 4.69. The van der Waals surface area contributed by atoms with Crippen molar-refractivity contribution in [2.75, 3.05) is 0 Å². The van der Waals surface area contributed by atoms with E-state index in [4.69, 9.17) is 4.74 Å². The molecule has 8 heteroatoms. The molecule has 0 N–H and O–H groups in total. The molecule has 1 heterocycles. The highest BCUT2D eigenvalue weighted by Gasteiger charge is 2.35. The van der Waals surface area contributed by atoms with E-state index in [9.17, 15) is 9.59 Å². The Bertz CT molecular complexity index is 1190. The van der Waals surface area contributed by atoms with Gasteiger partial charge in [-0.25, -0.2) is 0 Å². The molecule has 3 aromatic carbocycles. The van der Waals surface area contributed by atoms with Gasteiger partial charge in [-0.3, -0.25) is 14.5 Å².